The van der Waals surface area contributed by atoms with E-state index in [0.29, 0.717) is 0 Å². The molecule has 1 unspecified atom stereocenters. The minimum atomic E-state index is -0.383. The van der Waals surface area contributed by atoms with E-state index >= 15 is 0 Å². The summed E-state index contributed by atoms with van der Waals surface area (Å²) in [6, 6.07) is 0. The molecule has 0 saturated carbocycles. The molecule has 6 heteroatoms. The number of carbonyl (C=O) groups is 1. The third kappa shape index (κ3) is 2.92. The van der Waals surface area contributed by atoms with Gasteiger partial charge in [0.2, 0.25) is 5.91 Å². The van der Waals surface area contributed by atoms with Crippen molar-refractivity contribution in [2.24, 2.45) is 5.41 Å². The van der Waals surface area contributed by atoms with Gasteiger partial charge in [-0.2, -0.15) is 0 Å². The van der Waals surface area contributed by atoms with Crippen molar-refractivity contribution in [3.8, 4) is 0 Å². The molecule has 2 fully saturated rings. The van der Waals surface area contributed by atoms with E-state index in [2.05, 4.69) is 9.88 Å². The van der Waals surface area contributed by atoms with Crippen molar-refractivity contribution in [3.05, 3.63) is 16.6 Å². The van der Waals surface area contributed by atoms with Gasteiger partial charge in [0.15, 0.2) is 0 Å². The van der Waals surface area contributed by atoms with Crippen LogP contribution in [0.25, 0.3) is 0 Å². The fourth-order valence-electron chi connectivity index (χ4n) is 4.18. The van der Waals surface area contributed by atoms with Gasteiger partial charge in [-0.05, 0) is 44.7 Å². The number of piperidine rings is 1. The number of aliphatic hydroxyl groups is 1. The van der Waals surface area contributed by atoms with Gasteiger partial charge in [0.1, 0.15) is 0 Å². The summed E-state index contributed by atoms with van der Waals surface area (Å²) in [4.78, 5) is 21.7. The quantitative estimate of drug-likeness (QED) is 0.920. The van der Waals surface area contributed by atoms with Crippen LogP contribution in [0.5, 0.6) is 0 Å². The van der Waals surface area contributed by atoms with E-state index in [9.17, 15) is 9.90 Å². The van der Waals surface area contributed by atoms with Crippen molar-refractivity contribution in [1.82, 2.24) is 14.8 Å². The van der Waals surface area contributed by atoms with E-state index in [1.807, 2.05) is 23.5 Å². The van der Waals surface area contributed by atoms with Crippen molar-refractivity contribution < 1.29 is 9.90 Å². The lowest BCUT2D eigenvalue weighted by atomic mass is 9.74. The SMILES string of the molecule is CC(=O)N1CC2(CCN(Cc3cncs3)CC2)CC1(C)CO. The second kappa shape index (κ2) is 5.91. The molecule has 2 aliphatic rings. The van der Waals surface area contributed by atoms with E-state index < -0.39 is 0 Å². The van der Waals surface area contributed by atoms with E-state index in [1.54, 1.807) is 18.3 Å². The summed E-state index contributed by atoms with van der Waals surface area (Å²) in [5.41, 5.74) is 1.69. The van der Waals surface area contributed by atoms with Crippen molar-refractivity contribution in [2.75, 3.05) is 26.2 Å². The molecular weight excluding hydrogens is 298 g/mol. The first-order valence-electron chi connectivity index (χ1n) is 7.95. The second-order valence-corrected chi connectivity index (χ2v) is 8.15. The molecule has 3 heterocycles. The molecule has 0 bridgehead atoms. The van der Waals surface area contributed by atoms with Crippen LogP contribution in [0, 0.1) is 5.41 Å². The van der Waals surface area contributed by atoms with Crippen LogP contribution in [-0.2, 0) is 11.3 Å². The predicted octanol–water partition coefficient (Wildman–Crippen LogP) is 1.73. The highest BCUT2D eigenvalue weighted by Gasteiger charge is 2.52. The fourth-order valence-corrected chi connectivity index (χ4v) is 4.82. The largest absolute Gasteiger partial charge is 0.394 e. The van der Waals surface area contributed by atoms with E-state index in [-0.39, 0.29) is 23.5 Å². The Morgan fingerprint density at radius 1 is 1.45 bits per heavy atom. The number of nitrogens with zero attached hydrogens (tertiary/aromatic N) is 3. The third-order valence-corrected chi connectivity index (χ3v) is 6.17. The highest BCUT2D eigenvalue weighted by Crippen LogP contribution is 2.48. The van der Waals surface area contributed by atoms with Crippen LogP contribution in [0.15, 0.2) is 11.7 Å². The zero-order valence-corrected chi connectivity index (χ0v) is 14.2. The highest BCUT2D eigenvalue weighted by molar-refractivity contribution is 7.09. The summed E-state index contributed by atoms with van der Waals surface area (Å²) in [6.45, 7) is 7.59. The standard InChI is InChI=1S/C16H25N3O2S/c1-13(21)19-10-16(9-15(19,2)11-20)3-5-18(6-4-16)8-14-7-17-12-22-14/h7,12,20H,3-6,8-11H2,1-2H3. The predicted molar refractivity (Wildman–Crippen MR) is 86.6 cm³/mol. The second-order valence-electron chi connectivity index (χ2n) is 7.18. The first-order valence-corrected chi connectivity index (χ1v) is 8.83. The van der Waals surface area contributed by atoms with Crippen LogP contribution < -0.4 is 0 Å². The maximum Gasteiger partial charge on any atom is 0.219 e. The molecule has 1 atom stereocenters. The maximum atomic E-state index is 11.9. The summed E-state index contributed by atoms with van der Waals surface area (Å²) in [5.74, 6) is 0.0838. The number of hydrogen-bond acceptors (Lipinski definition) is 5. The van der Waals surface area contributed by atoms with E-state index in [4.69, 9.17) is 0 Å². The molecule has 122 valence electrons. The maximum absolute atomic E-state index is 11.9. The van der Waals surface area contributed by atoms with Gasteiger partial charge in [-0.15, -0.1) is 11.3 Å². The van der Waals surface area contributed by atoms with Gasteiger partial charge in [0.25, 0.3) is 0 Å². The average Bonchev–Trinajstić information content (AvgIpc) is 3.09. The Morgan fingerprint density at radius 3 is 2.68 bits per heavy atom. The minimum absolute atomic E-state index is 0.0545. The summed E-state index contributed by atoms with van der Waals surface area (Å²) in [6.07, 6.45) is 5.08. The Hall–Kier alpha value is -0.980. The topological polar surface area (TPSA) is 56.7 Å². The summed E-state index contributed by atoms with van der Waals surface area (Å²) >= 11 is 1.71. The van der Waals surface area contributed by atoms with Crippen LogP contribution in [0.1, 0.15) is 38.0 Å². The molecule has 2 saturated heterocycles. The van der Waals surface area contributed by atoms with Crippen LogP contribution in [0.4, 0.5) is 0 Å². The first kappa shape index (κ1) is 15.9. The number of aliphatic hydroxyl groups excluding tert-OH is 1. The van der Waals surface area contributed by atoms with E-state index in [0.717, 1.165) is 45.4 Å². The van der Waals surface area contributed by atoms with Gasteiger partial charge >= 0.3 is 0 Å². The van der Waals surface area contributed by atoms with Gasteiger partial charge in [0, 0.05) is 31.1 Å². The molecule has 3 rings (SSSR count). The Bertz CT molecular complexity index is 526. The third-order valence-electron chi connectivity index (χ3n) is 5.40. The van der Waals surface area contributed by atoms with Gasteiger partial charge in [0.05, 0.1) is 17.7 Å². The van der Waals surface area contributed by atoms with Gasteiger partial charge in [-0.25, -0.2) is 0 Å². The lowest BCUT2D eigenvalue weighted by Gasteiger charge is -2.39. The van der Waals surface area contributed by atoms with Crippen LogP contribution in [0.2, 0.25) is 0 Å². The Kier molecular flexibility index (Phi) is 4.27. The molecule has 0 aliphatic carbocycles. The van der Waals surface area contributed by atoms with Crippen LogP contribution >= 0.6 is 11.3 Å². The van der Waals surface area contributed by atoms with Crippen molar-refractivity contribution in [2.45, 2.75) is 45.2 Å². The van der Waals surface area contributed by atoms with Gasteiger partial charge in [-0.3, -0.25) is 14.7 Å². The monoisotopic (exact) mass is 323 g/mol. The van der Waals surface area contributed by atoms with Crippen molar-refractivity contribution >= 4 is 17.2 Å². The number of likely N-dealkylation sites (tertiary alicyclic amines) is 2. The Labute approximate surface area is 135 Å². The Balaban J connectivity index is 1.64. The number of carbonyl (C=O) groups excluding carboxylic acids is 1. The molecular formula is C16H25N3O2S. The highest BCUT2D eigenvalue weighted by atomic mass is 32.1. The summed E-state index contributed by atoms with van der Waals surface area (Å²) in [5, 5.41) is 9.77. The molecule has 1 aromatic heterocycles. The molecule has 1 amide bonds. The zero-order valence-electron chi connectivity index (χ0n) is 13.4. The van der Waals surface area contributed by atoms with E-state index in [1.165, 1.54) is 4.88 Å². The van der Waals surface area contributed by atoms with Gasteiger partial charge in [-0.1, -0.05) is 0 Å². The molecule has 0 radical (unpaired) electrons. The minimum Gasteiger partial charge on any atom is -0.394 e. The average molecular weight is 323 g/mol. The Morgan fingerprint density at radius 2 is 2.18 bits per heavy atom. The molecule has 0 aromatic carbocycles. The summed E-state index contributed by atoms with van der Waals surface area (Å²) < 4.78 is 0. The molecule has 1 spiro atoms. The molecule has 2 aliphatic heterocycles. The van der Waals surface area contributed by atoms with Gasteiger partial charge < -0.3 is 10.0 Å². The fraction of sp³-hybridized carbons (Fsp3) is 0.750. The number of aromatic nitrogens is 1. The lowest BCUT2D eigenvalue weighted by Crippen LogP contribution is -2.46. The number of hydrogen-bond donors (Lipinski definition) is 1. The van der Waals surface area contributed by atoms with Crippen LogP contribution in [-0.4, -0.2) is 57.6 Å². The van der Waals surface area contributed by atoms with Crippen molar-refractivity contribution in [1.29, 1.82) is 0 Å². The van der Waals surface area contributed by atoms with Crippen molar-refractivity contribution in [3.63, 3.8) is 0 Å². The molecule has 5 nitrogen and oxygen atoms in total. The molecule has 22 heavy (non-hydrogen) atoms. The first-order chi connectivity index (χ1) is 10.5. The number of rotatable bonds is 3. The molecule has 1 N–H and O–H groups in total. The number of amides is 1. The zero-order chi connectivity index (χ0) is 15.8. The normalized spacial score (nSPS) is 28.4. The lowest BCUT2D eigenvalue weighted by molar-refractivity contribution is -0.134. The molecule has 1 aromatic rings. The smallest absolute Gasteiger partial charge is 0.219 e. The summed E-state index contributed by atoms with van der Waals surface area (Å²) in [7, 11) is 0. The van der Waals surface area contributed by atoms with Crippen LogP contribution in [0.3, 0.4) is 0 Å². The number of thiazole rings is 1.